The topological polar surface area (TPSA) is 251 Å². The Labute approximate surface area is 193 Å². The second-order valence-electron chi connectivity index (χ2n) is 7.27. The Balaban J connectivity index is 3.01. The highest BCUT2D eigenvalue weighted by atomic mass is 16.4. The van der Waals surface area contributed by atoms with E-state index in [9.17, 15) is 33.9 Å². The molecule has 0 spiro atoms. The summed E-state index contributed by atoms with van der Waals surface area (Å²) in [4.78, 5) is 71.3. The van der Waals surface area contributed by atoms with Gasteiger partial charge in [-0.25, -0.2) is 4.79 Å². The Morgan fingerprint density at radius 3 is 1.76 bits per heavy atom. The Morgan fingerprint density at radius 2 is 1.29 bits per heavy atom. The van der Waals surface area contributed by atoms with Crippen molar-refractivity contribution in [1.29, 1.82) is 0 Å². The minimum atomic E-state index is -1.75. The van der Waals surface area contributed by atoms with Gasteiger partial charge in [0.2, 0.25) is 23.6 Å². The standard InChI is InChI=1S/C20H27N5O9/c21-11(9-26)17(30)23-12(7-15(22)27)18(31)24-13(8-16(28)29)19(32)25-14(20(33)34)6-10-4-2-1-3-5-10/h1-5,11-14,26H,6-9,21H2,(H2,22,27)(H,23,30)(H,24,31)(H,25,32)(H,28,29)(H,33,34). The third-order valence-corrected chi connectivity index (χ3v) is 4.48. The van der Waals surface area contributed by atoms with Crippen molar-refractivity contribution in [2.24, 2.45) is 11.5 Å². The molecule has 0 bridgehead atoms. The van der Waals surface area contributed by atoms with Gasteiger partial charge in [0, 0.05) is 6.42 Å². The van der Waals surface area contributed by atoms with E-state index in [4.69, 9.17) is 21.7 Å². The lowest BCUT2D eigenvalue weighted by Gasteiger charge is -2.24. The van der Waals surface area contributed by atoms with Crippen LogP contribution in [0, 0.1) is 0 Å². The molecule has 0 saturated heterocycles. The number of hydrogen-bond acceptors (Lipinski definition) is 8. The van der Waals surface area contributed by atoms with E-state index in [1.54, 1.807) is 30.3 Å². The van der Waals surface area contributed by atoms with Gasteiger partial charge in [0.1, 0.15) is 24.2 Å². The highest BCUT2D eigenvalue weighted by Gasteiger charge is 2.32. The number of carbonyl (C=O) groups excluding carboxylic acids is 4. The lowest BCUT2D eigenvalue weighted by atomic mass is 10.0. The molecule has 0 fully saturated rings. The van der Waals surface area contributed by atoms with Gasteiger partial charge in [0.25, 0.3) is 0 Å². The SMILES string of the molecule is NC(=O)CC(NC(=O)C(N)CO)C(=O)NC(CC(=O)O)C(=O)NC(Cc1ccccc1)C(=O)O. The molecule has 4 atom stereocenters. The summed E-state index contributed by atoms with van der Waals surface area (Å²) in [7, 11) is 0. The molecule has 14 nitrogen and oxygen atoms in total. The van der Waals surface area contributed by atoms with E-state index in [-0.39, 0.29) is 6.42 Å². The van der Waals surface area contributed by atoms with Crippen molar-refractivity contribution in [2.45, 2.75) is 43.4 Å². The maximum atomic E-state index is 12.7. The van der Waals surface area contributed by atoms with Crippen LogP contribution in [-0.2, 0) is 35.2 Å². The van der Waals surface area contributed by atoms with Crippen LogP contribution >= 0.6 is 0 Å². The molecule has 0 saturated carbocycles. The molecule has 4 amide bonds. The van der Waals surface area contributed by atoms with Crippen LogP contribution in [0.4, 0.5) is 0 Å². The summed E-state index contributed by atoms with van der Waals surface area (Å²) in [6, 6.07) is 2.07. The van der Waals surface area contributed by atoms with Crippen LogP contribution in [0.2, 0.25) is 0 Å². The van der Waals surface area contributed by atoms with Gasteiger partial charge >= 0.3 is 11.9 Å². The van der Waals surface area contributed by atoms with Gasteiger partial charge in [-0.05, 0) is 5.56 Å². The van der Waals surface area contributed by atoms with Crippen LogP contribution in [0.3, 0.4) is 0 Å². The summed E-state index contributed by atoms with van der Waals surface area (Å²) in [5.41, 5.74) is 11.0. The first-order valence-electron chi connectivity index (χ1n) is 9.99. The van der Waals surface area contributed by atoms with Crippen molar-refractivity contribution >= 4 is 35.6 Å². The van der Waals surface area contributed by atoms with E-state index in [0.29, 0.717) is 5.56 Å². The van der Waals surface area contributed by atoms with Crippen LogP contribution in [0.25, 0.3) is 0 Å². The summed E-state index contributed by atoms with van der Waals surface area (Å²) in [5.74, 6) is -7.16. The number of rotatable bonds is 14. The Kier molecular flexibility index (Phi) is 11.1. The molecule has 1 aromatic carbocycles. The number of hydrogen-bond donors (Lipinski definition) is 8. The number of carbonyl (C=O) groups is 6. The van der Waals surface area contributed by atoms with Crippen LogP contribution in [-0.4, -0.2) is 81.7 Å². The maximum Gasteiger partial charge on any atom is 0.326 e. The fraction of sp³-hybridized carbons (Fsp3) is 0.400. The van der Waals surface area contributed by atoms with Gasteiger partial charge in [0.05, 0.1) is 19.4 Å². The Morgan fingerprint density at radius 1 is 0.794 bits per heavy atom. The Bertz CT molecular complexity index is 909. The van der Waals surface area contributed by atoms with Crippen molar-refractivity contribution in [1.82, 2.24) is 16.0 Å². The summed E-state index contributed by atoms with van der Waals surface area (Å²) in [6.07, 6.45) is -1.76. The monoisotopic (exact) mass is 481 g/mol. The number of nitrogens with two attached hydrogens (primary N) is 2. The molecule has 14 heteroatoms. The predicted molar refractivity (Wildman–Crippen MR) is 115 cm³/mol. The van der Waals surface area contributed by atoms with Crippen molar-refractivity contribution in [3.63, 3.8) is 0 Å². The molecule has 0 aliphatic heterocycles. The second kappa shape index (κ2) is 13.5. The first kappa shape index (κ1) is 28.0. The molecule has 0 aromatic heterocycles. The third-order valence-electron chi connectivity index (χ3n) is 4.48. The highest BCUT2D eigenvalue weighted by molar-refractivity contribution is 5.97. The summed E-state index contributed by atoms with van der Waals surface area (Å²) < 4.78 is 0. The molecular weight excluding hydrogens is 454 g/mol. The van der Waals surface area contributed by atoms with Gasteiger partial charge in [0.15, 0.2) is 0 Å². The van der Waals surface area contributed by atoms with E-state index in [2.05, 4.69) is 16.0 Å². The fourth-order valence-electron chi connectivity index (χ4n) is 2.75. The zero-order chi connectivity index (χ0) is 25.8. The molecule has 34 heavy (non-hydrogen) atoms. The predicted octanol–water partition coefficient (Wildman–Crippen LogP) is -3.56. The van der Waals surface area contributed by atoms with Gasteiger partial charge in [-0.15, -0.1) is 0 Å². The minimum absolute atomic E-state index is 0.116. The van der Waals surface area contributed by atoms with E-state index >= 15 is 0 Å². The lowest BCUT2D eigenvalue weighted by Crippen LogP contribution is -2.58. The van der Waals surface area contributed by atoms with E-state index in [1.807, 2.05) is 0 Å². The van der Waals surface area contributed by atoms with E-state index in [0.717, 1.165) is 0 Å². The molecule has 4 unspecified atom stereocenters. The number of carboxylic acids is 2. The van der Waals surface area contributed by atoms with Gasteiger partial charge < -0.3 is 42.7 Å². The molecule has 1 rings (SSSR count). The highest BCUT2D eigenvalue weighted by Crippen LogP contribution is 2.05. The molecule has 1 aromatic rings. The average molecular weight is 481 g/mol. The van der Waals surface area contributed by atoms with Crippen LogP contribution < -0.4 is 27.4 Å². The second-order valence-corrected chi connectivity index (χ2v) is 7.27. The zero-order valence-electron chi connectivity index (χ0n) is 18.0. The molecule has 0 heterocycles. The Hall–Kier alpha value is -4.04. The minimum Gasteiger partial charge on any atom is -0.481 e. The van der Waals surface area contributed by atoms with Gasteiger partial charge in [-0.2, -0.15) is 0 Å². The van der Waals surface area contributed by atoms with Crippen LogP contribution in [0.1, 0.15) is 18.4 Å². The van der Waals surface area contributed by atoms with Crippen molar-refractivity contribution in [3.05, 3.63) is 35.9 Å². The largest absolute Gasteiger partial charge is 0.481 e. The van der Waals surface area contributed by atoms with Crippen molar-refractivity contribution in [3.8, 4) is 0 Å². The summed E-state index contributed by atoms with van der Waals surface area (Å²) in [6.45, 7) is -0.765. The third kappa shape index (κ3) is 9.62. The summed E-state index contributed by atoms with van der Waals surface area (Å²) >= 11 is 0. The first-order chi connectivity index (χ1) is 15.9. The zero-order valence-corrected chi connectivity index (χ0v) is 18.0. The molecule has 0 radical (unpaired) electrons. The number of nitrogens with one attached hydrogen (secondary N) is 3. The number of aliphatic carboxylic acids is 2. The average Bonchev–Trinajstić information content (AvgIpc) is 2.76. The van der Waals surface area contributed by atoms with Crippen LogP contribution in [0.15, 0.2) is 30.3 Å². The van der Waals surface area contributed by atoms with E-state index < -0.39 is 79.2 Å². The molecule has 10 N–H and O–H groups in total. The van der Waals surface area contributed by atoms with Crippen molar-refractivity contribution < 1.29 is 44.1 Å². The molecule has 0 aliphatic rings. The number of amides is 4. The lowest BCUT2D eigenvalue weighted by molar-refractivity contribution is -0.143. The normalized spacial score (nSPS) is 14.1. The molecule has 186 valence electrons. The quantitative estimate of drug-likeness (QED) is 0.130. The maximum absolute atomic E-state index is 12.7. The first-order valence-corrected chi connectivity index (χ1v) is 9.99. The number of carboxylic acid groups (broad SMARTS) is 2. The van der Waals surface area contributed by atoms with Crippen LogP contribution in [0.5, 0.6) is 0 Å². The van der Waals surface area contributed by atoms with Gasteiger partial charge in [-0.3, -0.25) is 24.0 Å². The smallest absolute Gasteiger partial charge is 0.326 e. The molecule has 0 aliphatic carbocycles. The number of aliphatic hydroxyl groups is 1. The number of primary amides is 1. The van der Waals surface area contributed by atoms with Gasteiger partial charge in [-0.1, -0.05) is 30.3 Å². The number of aliphatic hydroxyl groups excluding tert-OH is 1. The summed E-state index contributed by atoms with van der Waals surface area (Å²) in [5, 5.41) is 33.8. The van der Waals surface area contributed by atoms with Crippen molar-refractivity contribution in [2.75, 3.05) is 6.61 Å². The van der Waals surface area contributed by atoms with E-state index in [1.165, 1.54) is 0 Å². The molecular formula is C20H27N5O9. The fourth-order valence-corrected chi connectivity index (χ4v) is 2.75. The number of benzene rings is 1.